The van der Waals surface area contributed by atoms with Gasteiger partial charge in [0.25, 0.3) is 0 Å². The van der Waals surface area contributed by atoms with E-state index in [0.717, 1.165) is 6.26 Å². The van der Waals surface area contributed by atoms with E-state index in [-0.39, 0.29) is 17.5 Å². The number of methoxy groups -OCH3 is 1. The lowest BCUT2D eigenvalue weighted by Crippen LogP contribution is -2.37. The molecule has 0 radical (unpaired) electrons. The number of carboxylic acid groups (broad SMARTS) is 1. The Hall–Kier alpha value is -3.62. The largest absolute Gasteiger partial charge is 0.481 e. The maximum atomic E-state index is 15.1. The van der Waals surface area contributed by atoms with Crippen LogP contribution in [0.3, 0.4) is 0 Å². The number of hydrogen-bond donors (Lipinski definition) is 2. The van der Waals surface area contributed by atoms with Crippen molar-refractivity contribution in [2.24, 2.45) is 5.92 Å². The third-order valence-corrected chi connectivity index (χ3v) is 7.66. The number of piperidine rings is 1. The van der Waals surface area contributed by atoms with E-state index >= 15 is 4.39 Å². The Labute approximate surface area is 231 Å². The molecule has 40 heavy (non-hydrogen) atoms. The summed E-state index contributed by atoms with van der Waals surface area (Å²) in [6.07, 6.45) is 3.57. The van der Waals surface area contributed by atoms with Gasteiger partial charge in [-0.15, -0.1) is 0 Å². The molecular weight excluding hydrogens is 543 g/mol. The number of sulfonamides is 1. The normalized spacial score (nSPS) is 17.2. The van der Waals surface area contributed by atoms with Crippen LogP contribution in [0, 0.1) is 11.7 Å². The summed E-state index contributed by atoms with van der Waals surface area (Å²) >= 11 is 0. The molecular formula is C26H31FN6O6S. The average Bonchev–Trinajstić information content (AvgIpc) is 2.92. The van der Waals surface area contributed by atoms with Gasteiger partial charge in [-0.1, -0.05) is 0 Å². The maximum Gasteiger partial charge on any atom is 0.306 e. The molecule has 214 valence electrons. The van der Waals surface area contributed by atoms with Crippen LogP contribution < -0.4 is 14.4 Å². The summed E-state index contributed by atoms with van der Waals surface area (Å²) in [6.45, 7) is 3.72. The highest BCUT2D eigenvalue weighted by atomic mass is 32.2. The minimum Gasteiger partial charge on any atom is -0.481 e. The van der Waals surface area contributed by atoms with Crippen molar-refractivity contribution >= 4 is 38.5 Å². The number of aromatic nitrogens is 3. The average molecular weight is 575 g/mol. The second-order valence-electron chi connectivity index (χ2n) is 9.98. The molecule has 2 aliphatic heterocycles. The molecule has 2 aromatic heterocycles. The van der Waals surface area contributed by atoms with Crippen molar-refractivity contribution in [3.05, 3.63) is 35.8 Å². The number of benzene rings is 1. The highest BCUT2D eigenvalue weighted by Gasteiger charge is 2.26. The van der Waals surface area contributed by atoms with E-state index in [2.05, 4.69) is 14.6 Å². The number of likely N-dealkylation sites (tertiary alicyclic amines) is 1. The number of nitrogens with zero attached hydrogens (tertiary/aromatic N) is 5. The summed E-state index contributed by atoms with van der Waals surface area (Å²) in [5.74, 6) is -1.11. The van der Waals surface area contributed by atoms with Gasteiger partial charge < -0.3 is 19.5 Å². The van der Waals surface area contributed by atoms with Crippen LogP contribution in [-0.2, 0) is 26.1 Å². The number of fused-ring (bicyclic) bond motifs is 1. The first kappa shape index (κ1) is 27.9. The van der Waals surface area contributed by atoms with Crippen LogP contribution in [0.4, 0.5) is 16.0 Å². The minimum atomic E-state index is -3.64. The number of carboxylic acids is 1. The first-order chi connectivity index (χ1) is 19.1. The lowest BCUT2D eigenvalue weighted by atomic mass is 9.96. The van der Waals surface area contributed by atoms with Crippen LogP contribution in [0.2, 0.25) is 0 Å². The molecule has 14 heteroatoms. The first-order valence-corrected chi connectivity index (χ1v) is 14.8. The summed E-state index contributed by atoms with van der Waals surface area (Å²) in [4.78, 5) is 29.4. The topological polar surface area (TPSA) is 147 Å². The first-order valence-electron chi connectivity index (χ1n) is 12.9. The SMILES string of the molecule is COc1ncc(-c2nc(N3CCOCC3)nc3c(CN4CCC(C(=O)O)CC4)cc(F)cc23)cc1NS(C)(=O)=O. The highest BCUT2D eigenvalue weighted by Crippen LogP contribution is 2.35. The number of carbonyl (C=O) groups is 1. The number of aliphatic carboxylic acids is 1. The van der Waals surface area contributed by atoms with Crippen LogP contribution in [0.15, 0.2) is 24.4 Å². The minimum absolute atomic E-state index is 0.0811. The van der Waals surface area contributed by atoms with Gasteiger partial charge in [0, 0.05) is 36.8 Å². The van der Waals surface area contributed by atoms with Gasteiger partial charge in [-0.05, 0) is 49.7 Å². The molecule has 4 heterocycles. The zero-order valence-electron chi connectivity index (χ0n) is 22.3. The molecule has 0 aliphatic carbocycles. The standard InChI is InChI=1S/C26H31FN6O6S/c1-38-24-21(31-40(2,36)37)12-17(14-28-24)22-20-13-19(27)11-18(15-32-5-3-16(4-6-32)25(34)35)23(20)30-26(29-22)33-7-9-39-10-8-33/h11-14,16,31H,3-10,15H2,1-2H3,(H,34,35). The number of pyridine rings is 1. The fourth-order valence-electron chi connectivity index (χ4n) is 5.09. The van der Waals surface area contributed by atoms with Crippen molar-refractivity contribution in [2.75, 3.05) is 62.4 Å². The summed E-state index contributed by atoms with van der Waals surface area (Å²) in [5.41, 5.74) is 2.18. The molecule has 1 aromatic carbocycles. The molecule has 0 saturated carbocycles. The molecule has 0 spiro atoms. The molecule has 3 aromatic rings. The van der Waals surface area contributed by atoms with Crippen LogP contribution in [-0.4, -0.2) is 92.1 Å². The molecule has 0 amide bonds. The predicted molar refractivity (Wildman–Crippen MR) is 146 cm³/mol. The number of rotatable bonds is 8. The summed E-state index contributed by atoms with van der Waals surface area (Å²) in [5, 5.41) is 9.80. The summed E-state index contributed by atoms with van der Waals surface area (Å²) in [6, 6.07) is 4.37. The van der Waals surface area contributed by atoms with Crippen LogP contribution in [0.5, 0.6) is 5.88 Å². The van der Waals surface area contributed by atoms with Crippen molar-refractivity contribution in [2.45, 2.75) is 19.4 Å². The Balaban J connectivity index is 1.62. The Morgan fingerprint density at radius 3 is 2.55 bits per heavy atom. The van der Waals surface area contributed by atoms with Crippen LogP contribution in [0.25, 0.3) is 22.2 Å². The molecule has 2 N–H and O–H groups in total. The zero-order valence-corrected chi connectivity index (χ0v) is 23.1. The zero-order chi connectivity index (χ0) is 28.4. The van der Waals surface area contributed by atoms with Crippen molar-refractivity contribution in [3.63, 3.8) is 0 Å². The molecule has 0 atom stereocenters. The molecule has 2 saturated heterocycles. The van der Waals surface area contributed by atoms with E-state index in [1.165, 1.54) is 25.4 Å². The Morgan fingerprint density at radius 1 is 1.18 bits per heavy atom. The fraction of sp³-hybridized carbons (Fsp3) is 0.462. The second-order valence-corrected chi connectivity index (χ2v) is 11.7. The van der Waals surface area contributed by atoms with E-state index in [0.29, 0.717) is 92.5 Å². The number of anilines is 2. The van der Waals surface area contributed by atoms with Gasteiger partial charge in [-0.3, -0.25) is 14.4 Å². The number of nitrogens with one attached hydrogen (secondary N) is 1. The second kappa shape index (κ2) is 11.5. The van der Waals surface area contributed by atoms with Crippen molar-refractivity contribution in [3.8, 4) is 17.1 Å². The smallest absolute Gasteiger partial charge is 0.306 e. The van der Waals surface area contributed by atoms with E-state index < -0.39 is 21.8 Å². The highest BCUT2D eigenvalue weighted by molar-refractivity contribution is 7.92. The molecule has 0 bridgehead atoms. The molecule has 2 aliphatic rings. The number of hydrogen-bond acceptors (Lipinski definition) is 10. The van der Waals surface area contributed by atoms with Crippen LogP contribution >= 0.6 is 0 Å². The quantitative estimate of drug-likeness (QED) is 0.409. The van der Waals surface area contributed by atoms with Gasteiger partial charge in [0.1, 0.15) is 11.5 Å². The van der Waals surface area contributed by atoms with Crippen molar-refractivity contribution in [1.29, 1.82) is 0 Å². The van der Waals surface area contributed by atoms with Gasteiger partial charge >= 0.3 is 5.97 Å². The fourth-order valence-corrected chi connectivity index (χ4v) is 5.64. The van der Waals surface area contributed by atoms with Gasteiger partial charge in [-0.25, -0.2) is 27.8 Å². The number of ether oxygens (including phenoxy) is 2. The van der Waals surface area contributed by atoms with Crippen molar-refractivity contribution < 1.29 is 32.2 Å². The van der Waals surface area contributed by atoms with E-state index in [9.17, 15) is 18.3 Å². The Kier molecular flexibility index (Phi) is 8.01. The van der Waals surface area contributed by atoms with Gasteiger partial charge in [0.2, 0.25) is 21.9 Å². The van der Waals surface area contributed by atoms with Crippen molar-refractivity contribution in [1.82, 2.24) is 19.9 Å². The van der Waals surface area contributed by atoms with Crippen LogP contribution in [0.1, 0.15) is 18.4 Å². The lowest BCUT2D eigenvalue weighted by molar-refractivity contribution is -0.143. The Bertz CT molecular complexity index is 1520. The third kappa shape index (κ3) is 6.24. The predicted octanol–water partition coefficient (Wildman–Crippen LogP) is 2.34. The lowest BCUT2D eigenvalue weighted by Gasteiger charge is -2.30. The monoisotopic (exact) mass is 574 g/mol. The molecule has 2 fully saturated rings. The summed E-state index contributed by atoms with van der Waals surface area (Å²) < 4.78 is 52.2. The third-order valence-electron chi connectivity index (χ3n) is 7.07. The molecule has 0 unspecified atom stereocenters. The van der Waals surface area contributed by atoms with E-state index in [1.54, 1.807) is 6.07 Å². The molecule has 12 nitrogen and oxygen atoms in total. The number of halogens is 1. The van der Waals surface area contributed by atoms with Gasteiger partial charge in [-0.2, -0.15) is 0 Å². The van der Waals surface area contributed by atoms with Gasteiger partial charge in [0.15, 0.2) is 0 Å². The number of morpholine rings is 1. The summed E-state index contributed by atoms with van der Waals surface area (Å²) in [7, 11) is -2.26. The molecule has 5 rings (SSSR count). The maximum absolute atomic E-state index is 15.1. The van der Waals surface area contributed by atoms with Gasteiger partial charge in [0.05, 0.1) is 43.7 Å². The van der Waals surface area contributed by atoms with E-state index in [4.69, 9.17) is 19.4 Å². The van der Waals surface area contributed by atoms with E-state index in [1.807, 2.05) is 4.90 Å². The Morgan fingerprint density at radius 2 is 1.90 bits per heavy atom.